The Labute approximate surface area is 96.5 Å². The zero-order chi connectivity index (χ0) is 11.7. The quantitative estimate of drug-likeness (QED) is 0.840. The van der Waals surface area contributed by atoms with E-state index in [0.29, 0.717) is 6.54 Å². The Hall–Kier alpha value is -1.28. The van der Waals surface area contributed by atoms with Crippen molar-refractivity contribution in [1.29, 1.82) is 0 Å². The van der Waals surface area contributed by atoms with Gasteiger partial charge in [0.05, 0.1) is 6.61 Å². The van der Waals surface area contributed by atoms with Gasteiger partial charge in [-0.3, -0.25) is 0 Å². The van der Waals surface area contributed by atoms with Crippen molar-refractivity contribution in [3.05, 3.63) is 35.0 Å². The third-order valence-corrected chi connectivity index (χ3v) is 3.12. The molecule has 0 saturated carbocycles. The Morgan fingerprint density at radius 1 is 1.25 bits per heavy atom. The fourth-order valence-electron chi connectivity index (χ4n) is 2.47. The van der Waals surface area contributed by atoms with Crippen LogP contribution >= 0.6 is 0 Å². The number of hydrogen-bond donors (Lipinski definition) is 1. The lowest BCUT2D eigenvalue weighted by molar-refractivity contribution is 0.278. The van der Waals surface area contributed by atoms with Crippen LogP contribution < -0.4 is 0 Å². The molecule has 1 heterocycles. The minimum absolute atomic E-state index is 0.194. The van der Waals surface area contributed by atoms with Crippen LogP contribution in [0.15, 0.2) is 18.3 Å². The summed E-state index contributed by atoms with van der Waals surface area (Å²) in [5.74, 6) is 0. The molecule has 0 aliphatic rings. The molecule has 0 aliphatic heterocycles. The van der Waals surface area contributed by atoms with E-state index >= 15 is 0 Å². The Balaban J connectivity index is 2.74. The Morgan fingerprint density at radius 3 is 2.62 bits per heavy atom. The van der Waals surface area contributed by atoms with Crippen molar-refractivity contribution < 1.29 is 5.11 Å². The highest BCUT2D eigenvalue weighted by Crippen LogP contribution is 2.26. The molecule has 2 heteroatoms. The lowest BCUT2D eigenvalue weighted by Gasteiger charge is -2.05. The molecular formula is C14H19NO. The van der Waals surface area contributed by atoms with Crippen LogP contribution in [0.2, 0.25) is 0 Å². The molecule has 0 saturated heterocycles. The van der Waals surface area contributed by atoms with Gasteiger partial charge in [0.15, 0.2) is 0 Å². The van der Waals surface area contributed by atoms with Crippen LogP contribution in [-0.4, -0.2) is 16.3 Å². The second-order valence-electron chi connectivity index (χ2n) is 4.40. The summed E-state index contributed by atoms with van der Waals surface area (Å²) in [7, 11) is 0. The highest BCUT2D eigenvalue weighted by atomic mass is 16.3. The monoisotopic (exact) mass is 217 g/mol. The van der Waals surface area contributed by atoms with Crippen LogP contribution in [0.1, 0.15) is 23.6 Å². The van der Waals surface area contributed by atoms with Gasteiger partial charge in [0.2, 0.25) is 0 Å². The van der Waals surface area contributed by atoms with Crippen LogP contribution in [0.5, 0.6) is 0 Å². The van der Waals surface area contributed by atoms with Gasteiger partial charge >= 0.3 is 0 Å². The van der Waals surface area contributed by atoms with Crippen LogP contribution in [0.4, 0.5) is 0 Å². The largest absolute Gasteiger partial charge is 0.395 e. The first-order chi connectivity index (χ1) is 7.67. The molecule has 0 spiro atoms. The molecule has 0 atom stereocenters. The molecule has 2 rings (SSSR count). The number of aromatic nitrogens is 1. The maximum atomic E-state index is 9.08. The second kappa shape index (κ2) is 4.30. The Bertz CT molecular complexity index is 511. The minimum atomic E-state index is 0.194. The van der Waals surface area contributed by atoms with Gasteiger partial charge in [-0.15, -0.1) is 0 Å². The number of aliphatic hydroxyl groups excluding tert-OH is 1. The summed E-state index contributed by atoms with van der Waals surface area (Å²) >= 11 is 0. The van der Waals surface area contributed by atoms with Crippen LogP contribution in [0, 0.1) is 13.8 Å². The highest BCUT2D eigenvalue weighted by molar-refractivity contribution is 5.87. The molecule has 0 amide bonds. The van der Waals surface area contributed by atoms with Crippen molar-refractivity contribution in [1.82, 2.24) is 4.57 Å². The molecule has 2 nitrogen and oxygen atoms in total. The SMILES string of the molecule is CCc1cn(CCO)c2cc(C)cc(C)c12. The lowest BCUT2D eigenvalue weighted by Crippen LogP contribution is -2.00. The molecule has 1 aromatic heterocycles. The normalized spacial score (nSPS) is 11.2. The molecule has 0 unspecified atom stereocenters. The van der Waals surface area contributed by atoms with E-state index in [0.717, 1.165) is 6.42 Å². The molecular weight excluding hydrogens is 198 g/mol. The predicted molar refractivity (Wildman–Crippen MR) is 67.9 cm³/mol. The molecule has 0 bridgehead atoms. The molecule has 1 aromatic carbocycles. The van der Waals surface area contributed by atoms with Crippen molar-refractivity contribution in [2.24, 2.45) is 0 Å². The van der Waals surface area contributed by atoms with Gasteiger partial charge in [0.25, 0.3) is 0 Å². The van der Waals surface area contributed by atoms with E-state index in [1.54, 1.807) is 0 Å². The maximum absolute atomic E-state index is 9.08. The van der Waals surface area contributed by atoms with Crippen molar-refractivity contribution in [3.8, 4) is 0 Å². The average Bonchev–Trinajstić information content (AvgIpc) is 2.57. The van der Waals surface area contributed by atoms with E-state index < -0.39 is 0 Å². The van der Waals surface area contributed by atoms with Crippen LogP contribution in [0.3, 0.4) is 0 Å². The van der Waals surface area contributed by atoms with Gasteiger partial charge in [-0.1, -0.05) is 13.0 Å². The Kier molecular flexibility index (Phi) is 3.01. The predicted octanol–water partition coefficient (Wildman–Crippen LogP) is 2.81. The van der Waals surface area contributed by atoms with Gasteiger partial charge in [-0.25, -0.2) is 0 Å². The van der Waals surface area contributed by atoms with Crippen LogP contribution in [0.25, 0.3) is 10.9 Å². The average molecular weight is 217 g/mol. The van der Waals surface area contributed by atoms with Crippen molar-refractivity contribution >= 4 is 10.9 Å². The molecule has 16 heavy (non-hydrogen) atoms. The molecule has 0 aliphatic carbocycles. The molecule has 0 radical (unpaired) electrons. The summed E-state index contributed by atoms with van der Waals surface area (Å²) < 4.78 is 2.16. The first kappa shape index (κ1) is 11.2. The molecule has 1 N–H and O–H groups in total. The number of fused-ring (bicyclic) bond motifs is 1. The van der Waals surface area contributed by atoms with Crippen molar-refractivity contribution in [3.63, 3.8) is 0 Å². The zero-order valence-electron chi connectivity index (χ0n) is 10.2. The topological polar surface area (TPSA) is 25.2 Å². The van der Waals surface area contributed by atoms with Gasteiger partial charge in [0.1, 0.15) is 0 Å². The number of rotatable bonds is 3. The minimum Gasteiger partial charge on any atom is -0.395 e. The number of aliphatic hydroxyl groups is 1. The van der Waals surface area contributed by atoms with Gasteiger partial charge in [-0.05, 0) is 43.0 Å². The van der Waals surface area contributed by atoms with Crippen molar-refractivity contribution in [2.45, 2.75) is 33.7 Å². The van der Waals surface area contributed by atoms with E-state index in [4.69, 9.17) is 5.11 Å². The zero-order valence-corrected chi connectivity index (χ0v) is 10.2. The van der Waals surface area contributed by atoms with E-state index in [1.165, 1.54) is 27.6 Å². The molecule has 86 valence electrons. The number of hydrogen-bond acceptors (Lipinski definition) is 1. The number of aryl methyl sites for hydroxylation is 3. The highest BCUT2D eigenvalue weighted by Gasteiger charge is 2.09. The van der Waals surface area contributed by atoms with E-state index in [9.17, 15) is 0 Å². The molecule has 0 fully saturated rings. The number of benzene rings is 1. The van der Waals surface area contributed by atoms with Crippen LogP contribution in [-0.2, 0) is 13.0 Å². The fourth-order valence-corrected chi connectivity index (χ4v) is 2.47. The Morgan fingerprint density at radius 2 is 2.00 bits per heavy atom. The van der Waals surface area contributed by atoms with Gasteiger partial charge in [-0.2, -0.15) is 0 Å². The standard InChI is InChI=1S/C14H19NO/c1-4-12-9-15(5-6-16)13-8-10(2)7-11(3)14(12)13/h7-9,16H,4-6H2,1-3H3. The smallest absolute Gasteiger partial charge is 0.0610 e. The summed E-state index contributed by atoms with van der Waals surface area (Å²) in [5, 5.41) is 10.4. The third kappa shape index (κ3) is 1.74. The molecule has 2 aromatic rings. The van der Waals surface area contributed by atoms with E-state index in [-0.39, 0.29) is 6.61 Å². The lowest BCUT2D eigenvalue weighted by atomic mass is 10.0. The summed E-state index contributed by atoms with van der Waals surface area (Å²) in [6, 6.07) is 4.43. The summed E-state index contributed by atoms with van der Waals surface area (Å²) in [6.45, 7) is 7.34. The maximum Gasteiger partial charge on any atom is 0.0610 e. The van der Waals surface area contributed by atoms with Gasteiger partial charge < -0.3 is 9.67 Å². The summed E-state index contributed by atoms with van der Waals surface area (Å²) in [5.41, 5.74) is 5.25. The first-order valence-electron chi connectivity index (χ1n) is 5.87. The summed E-state index contributed by atoms with van der Waals surface area (Å²) in [4.78, 5) is 0. The second-order valence-corrected chi connectivity index (χ2v) is 4.40. The van der Waals surface area contributed by atoms with E-state index in [2.05, 4.69) is 43.7 Å². The summed E-state index contributed by atoms with van der Waals surface area (Å²) in [6.07, 6.45) is 3.21. The number of nitrogens with zero attached hydrogens (tertiary/aromatic N) is 1. The van der Waals surface area contributed by atoms with E-state index in [1.807, 2.05) is 0 Å². The first-order valence-corrected chi connectivity index (χ1v) is 5.87. The van der Waals surface area contributed by atoms with Crippen molar-refractivity contribution in [2.75, 3.05) is 6.61 Å². The third-order valence-electron chi connectivity index (χ3n) is 3.12. The fraction of sp³-hybridized carbons (Fsp3) is 0.429. The van der Waals surface area contributed by atoms with Gasteiger partial charge in [0, 0.05) is 23.6 Å².